The number of epoxide rings is 2. The molecule has 1 aliphatic carbocycles. The summed E-state index contributed by atoms with van der Waals surface area (Å²) in [6, 6.07) is 0. The van der Waals surface area contributed by atoms with E-state index in [2.05, 4.69) is 26.8 Å². The van der Waals surface area contributed by atoms with Crippen molar-refractivity contribution in [2.45, 2.75) is 63.9 Å². The van der Waals surface area contributed by atoms with Gasteiger partial charge in [-0.15, -0.1) is 0 Å². The van der Waals surface area contributed by atoms with Crippen molar-refractivity contribution in [2.75, 3.05) is 13.7 Å². The van der Waals surface area contributed by atoms with E-state index >= 15 is 0 Å². The summed E-state index contributed by atoms with van der Waals surface area (Å²) in [4.78, 5) is 12.5. The van der Waals surface area contributed by atoms with Gasteiger partial charge < -0.3 is 14.2 Å². The molecule has 3 rings (SSSR count). The lowest BCUT2D eigenvalue weighted by Crippen LogP contribution is -2.55. The highest BCUT2D eigenvalue weighted by atomic mass is 16.6. The number of Topliss-reactive ketones (excluding diaryl/α,β-unsaturated/α-hetero) is 1. The van der Waals surface area contributed by atoms with Crippen molar-refractivity contribution in [3.05, 3.63) is 11.6 Å². The molecule has 0 amide bonds. The lowest BCUT2D eigenvalue weighted by molar-refractivity contribution is -0.148. The predicted molar refractivity (Wildman–Crippen MR) is 79.1 cm³/mol. The second-order valence-corrected chi connectivity index (χ2v) is 7.30. The highest BCUT2D eigenvalue weighted by Crippen LogP contribution is 2.59. The molecule has 2 heterocycles. The van der Waals surface area contributed by atoms with Gasteiger partial charge in [0.25, 0.3) is 0 Å². The molecule has 6 atom stereocenters. The van der Waals surface area contributed by atoms with Gasteiger partial charge in [0.15, 0.2) is 5.78 Å². The van der Waals surface area contributed by atoms with Crippen molar-refractivity contribution in [2.24, 2.45) is 11.8 Å². The number of carbonyl (C=O) groups excluding carboxylic acids is 1. The summed E-state index contributed by atoms with van der Waals surface area (Å²) in [5.74, 6) is 0.211. The maximum Gasteiger partial charge on any atom is 0.164 e. The number of carbonyl (C=O) groups is 1. The summed E-state index contributed by atoms with van der Waals surface area (Å²) in [5, 5.41) is 0. The number of hydrogen-bond acceptors (Lipinski definition) is 4. The Morgan fingerprint density at radius 3 is 2.67 bits per heavy atom. The lowest BCUT2D eigenvalue weighted by atomic mass is 9.66. The third-order valence-corrected chi connectivity index (χ3v) is 5.39. The van der Waals surface area contributed by atoms with Gasteiger partial charge in [0.2, 0.25) is 0 Å². The molecule has 0 unspecified atom stereocenters. The molecule has 0 aromatic heterocycles. The summed E-state index contributed by atoms with van der Waals surface area (Å²) in [6.07, 6.45) is 3.65. The van der Waals surface area contributed by atoms with Crippen LogP contribution in [0.1, 0.15) is 40.5 Å². The fourth-order valence-corrected chi connectivity index (χ4v) is 4.10. The molecule has 0 radical (unpaired) electrons. The van der Waals surface area contributed by atoms with Crippen LogP contribution in [0.5, 0.6) is 0 Å². The van der Waals surface area contributed by atoms with Crippen LogP contribution >= 0.6 is 0 Å². The molecule has 0 bridgehead atoms. The minimum Gasteiger partial charge on any atom is -0.373 e. The average Bonchev–Trinajstić information content (AvgIpc) is 3.31. The second-order valence-electron chi connectivity index (χ2n) is 7.30. The molecule has 1 saturated carbocycles. The molecule has 0 aromatic carbocycles. The molecule has 118 valence electrons. The minimum atomic E-state index is -0.405. The third kappa shape index (κ3) is 2.37. The molecule has 1 spiro atoms. The largest absolute Gasteiger partial charge is 0.373 e. The summed E-state index contributed by atoms with van der Waals surface area (Å²) >= 11 is 0. The van der Waals surface area contributed by atoms with E-state index in [1.807, 2.05) is 6.92 Å². The Morgan fingerprint density at radius 2 is 2.14 bits per heavy atom. The van der Waals surface area contributed by atoms with Crippen LogP contribution in [-0.2, 0) is 19.0 Å². The number of allylic oxidation sites excluding steroid dienone is 1. The summed E-state index contributed by atoms with van der Waals surface area (Å²) in [5.41, 5.74) is 0.781. The van der Waals surface area contributed by atoms with Gasteiger partial charge in [-0.05, 0) is 33.6 Å². The molecule has 0 aromatic rings. The Kier molecular flexibility index (Phi) is 3.55. The fraction of sp³-hybridized carbons (Fsp3) is 0.824. The van der Waals surface area contributed by atoms with Gasteiger partial charge in [-0.3, -0.25) is 4.79 Å². The van der Waals surface area contributed by atoms with E-state index in [0.717, 1.165) is 19.4 Å². The van der Waals surface area contributed by atoms with E-state index < -0.39 is 6.10 Å². The van der Waals surface area contributed by atoms with Gasteiger partial charge in [0, 0.05) is 13.0 Å². The first-order valence-electron chi connectivity index (χ1n) is 7.86. The van der Waals surface area contributed by atoms with Gasteiger partial charge in [-0.2, -0.15) is 0 Å². The van der Waals surface area contributed by atoms with E-state index in [0.29, 0.717) is 0 Å². The SMILES string of the molecule is CO[C@@H]1C(=O)[C@@H](C)C[C@]2(CO2)[C@H]1[C@]1(C)O[C@@H]1CC=C(C)C. The van der Waals surface area contributed by atoms with Crippen LogP contribution in [-0.4, -0.2) is 42.9 Å². The van der Waals surface area contributed by atoms with Crippen molar-refractivity contribution in [3.63, 3.8) is 0 Å². The smallest absolute Gasteiger partial charge is 0.164 e. The topological polar surface area (TPSA) is 51.4 Å². The first-order chi connectivity index (χ1) is 9.84. The third-order valence-electron chi connectivity index (χ3n) is 5.39. The van der Waals surface area contributed by atoms with Gasteiger partial charge in [0.05, 0.1) is 18.6 Å². The van der Waals surface area contributed by atoms with Crippen molar-refractivity contribution in [1.82, 2.24) is 0 Å². The first-order valence-corrected chi connectivity index (χ1v) is 7.86. The number of ether oxygens (including phenoxy) is 3. The summed E-state index contributed by atoms with van der Waals surface area (Å²) in [7, 11) is 1.63. The molecule has 2 aliphatic heterocycles. The highest BCUT2D eigenvalue weighted by molar-refractivity contribution is 5.87. The highest BCUT2D eigenvalue weighted by Gasteiger charge is 2.72. The normalized spacial score (nSPS) is 48.3. The minimum absolute atomic E-state index is 0.00674. The number of ketones is 1. The van der Waals surface area contributed by atoms with Crippen LogP contribution in [0.4, 0.5) is 0 Å². The van der Waals surface area contributed by atoms with Crippen molar-refractivity contribution in [3.8, 4) is 0 Å². The van der Waals surface area contributed by atoms with E-state index in [1.54, 1.807) is 7.11 Å². The van der Waals surface area contributed by atoms with Crippen molar-refractivity contribution >= 4 is 5.78 Å². The van der Waals surface area contributed by atoms with Crippen molar-refractivity contribution < 1.29 is 19.0 Å². The fourth-order valence-electron chi connectivity index (χ4n) is 4.10. The zero-order valence-corrected chi connectivity index (χ0v) is 13.6. The van der Waals surface area contributed by atoms with Gasteiger partial charge in [0.1, 0.15) is 17.3 Å². The second kappa shape index (κ2) is 4.90. The molecule has 3 fully saturated rings. The van der Waals surface area contributed by atoms with Gasteiger partial charge in [-0.25, -0.2) is 0 Å². The molecular formula is C17H26O4. The number of hydrogen-bond donors (Lipinski definition) is 0. The molecule has 2 saturated heterocycles. The first kappa shape index (κ1) is 15.2. The Labute approximate surface area is 126 Å². The van der Waals surface area contributed by atoms with Crippen LogP contribution in [0, 0.1) is 11.8 Å². The van der Waals surface area contributed by atoms with Gasteiger partial charge in [-0.1, -0.05) is 18.6 Å². The van der Waals surface area contributed by atoms with Crippen LogP contribution in [0.2, 0.25) is 0 Å². The monoisotopic (exact) mass is 294 g/mol. The summed E-state index contributed by atoms with van der Waals surface area (Å²) < 4.78 is 17.4. The van der Waals surface area contributed by atoms with E-state index in [-0.39, 0.29) is 34.9 Å². The maximum atomic E-state index is 12.5. The van der Waals surface area contributed by atoms with Crippen LogP contribution in [0.25, 0.3) is 0 Å². The Morgan fingerprint density at radius 1 is 1.48 bits per heavy atom. The van der Waals surface area contributed by atoms with Gasteiger partial charge >= 0.3 is 0 Å². The van der Waals surface area contributed by atoms with Crippen LogP contribution in [0.15, 0.2) is 11.6 Å². The molecule has 0 N–H and O–H groups in total. The molecule has 21 heavy (non-hydrogen) atoms. The zero-order chi connectivity index (χ0) is 15.4. The Balaban J connectivity index is 1.82. The number of rotatable bonds is 4. The Bertz CT molecular complexity index is 475. The predicted octanol–water partition coefficient (Wildman–Crippen LogP) is 2.51. The molecule has 3 aliphatic rings. The standard InChI is InChI=1S/C17H26O4/c1-10(2)6-7-12-16(4,21-12)15-14(19-5)13(18)11(3)8-17(15)9-20-17/h6,11-12,14-15H,7-9H2,1-5H3/t11-,12+,14+,15+,16+,17-/m0/s1. The van der Waals surface area contributed by atoms with E-state index in [4.69, 9.17) is 14.2 Å². The summed E-state index contributed by atoms with van der Waals surface area (Å²) in [6.45, 7) is 9.00. The maximum absolute atomic E-state index is 12.5. The molecule has 4 heteroatoms. The Hall–Kier alpha value is -0.710. The van der Waals surface area contributed by atoms with E-state index in [1.165, 1.54) is 5.57 Å². The quantitative estimate of drug-likeness (QED) is 0.590. The average molecular weight is 294 g/mol. The molecule has 4 nitrogen and oxygen atoms in total. The zero-order valence-electron chi connectivity index (χ0n) is 13.6. The van der Waals surface area contributed by atoms with Crippen molar-refractivity contribution in [1.29, 1.82) is 0 Å². The molecular weight excluding hydrogens is 268 g/mol. The van der Waals surface area contributed by atoms with Crippen LogP contribution < -0.4 is 0 Å². The number of methoxy groups -OCH3 is 1. The van der Waals surface area contributed by atoms with Crippen LogP contribution in [0.3, 0.4) is 0 Å². The lowest BCUT2D eigenvalue weighted by Gasteiger charge is -2.40. The van der Waals surface area contributed by atoms with E-state index in [9.17, 15) is 4.79 Å².